The Labute approximate surface area is 177 Å². The molecular formula is C26H26N2O2. The van der Waals surface area contributed by atoms with E-state index in [4.69, 9.17) is 5.73 Å². The van der Waals surface area contributed by atoms with Crippen molar-refractivity contribution in [2.24, 2.45) is 5.73 Å². The van der Waals surface area contributed by atoms with Crippen molar-refractivity contribution < 1.29 is 9.59 Å². The number of nitrogens with one attached hydrogen (secondary N) is 1. The number of primary amides is 1. The van der Waals surface area contributed by atoms with Crippen molar-refractivity contribution in [2.75, 3.05) is 5.32 Å². The third-order valence-corrected chi connectivity index (χ3v) is 4.84. The lowest BCUT2D eigenvalue weighted by Gasteiger charge is -2.18. The normalized spacial score (nSPS) is 11.4. The van der Waals surface area contributed by atoms with E-state index >= 15 is 0 Å². The molecule has 0 radical (unpaired) electrons. The topological polar surface area (TPSA) is 72.2 Å². The standard InChI is InChI=1S/C26H26N2O2/c1-26(2,3)22-12-7-18(8-13-22)9-16-24(29)28-23-14-10-19(11-15-23)20-5-4-6-21(17-20)25(27)30/h4-17H,1-3H3,(H2,27,30)(H,28,29)/b16-9+. The fourth-order valence-corrected chi connectivity index (χ4v) is 3.05. The van der Waals surface area contributed by atoms with E-state index in [0.717, 1.165) is 16.7 Å². The second kappa shape index (κ2) is 8.78. The Bertz CT molecular complexity index is 1070. The largest absolute Gasteiger partial charge is 0.366 e. The second-order valence-electron chi connectivity index (χ2n) is 8.22. The zero-order valence-electron chi connectivity index (χ0n) is 17.5. The van der Waals surface area contributed by atoms with Gasteiger partial charge in [-0.1, -0.05) is 69.3 Å². The number of hydrogen-bond donors (Lipinski definition) is 2. The fourth-order valence-electron chi connectivity index (χ4n) is 3.05. The molecule has 0 aliphatic heterocycles. The third-order valence-electron chi connectivity index (χ3n) is 4.84. The van der Waals surface area contributed by atoms with Crippen LogP contribution in [-0.2, 0) is 10.2 Å². The lowest BCUT2D eigenvalue weighted by molar-refractivity contribution is -0.111. The number of benzene rings is 3. The first-order valence-corrected chi connectivity index (χ1v) is 9.82. The van der Waals surface area contributed by atoms with Gasteiger partial charge in [-0.15, -0.1) is 0 Å². The van der Waals surface area contributed by atoms with E-state index in [1.807, 2.05) is 42.5 Å². The third kappa shape index (κ3) is 5.45. The molecule has 0 saturated heterocycles. The van der Waals surface area contributed by atoms with Crippen LogP contribution in [0.3, 0.4) is 0 Å². The molecule has 4 nitrogen and oxygen atoms in total. The van der Waals surface area contributed by atoms with Crippen molar-refractivity contribution in [1.29, 1.82) is 0 Å². The van der Waals surface area contributed by atoms with Crippen LogP contribution in [0.15, 0.2) is 78.9 Å². The first kappa shape index (κ1) is 21.1. The number of carbonyl (C=O) groups is 2. The molecule has 3 aromatic carbocycles. The maximum Gasteiger partial charge on any atom is 0.248 e. The number of nitrogens with two attached hydrogens (primary N) is 1. The van der Waals surface area contributed by atoms with Gasteiger partial charge in [0.1, 0.15) is 0 Å². The predicted molar refractivity (Wildman–Crippen MR) is 123 cm³/mol. The van der Waals surface area contributed by atoms with Crippen LogP contribution in [0.1, 0.15) is 42.3 Å². The molecule has 0 heterocycles. The molecule has 0 unspecified atom stereocenters. The minimum atomic E-state index is -0.458. The van der Waals surface area contributed by atoms with Gasteiger partial charge < -0.3 is 11.1 Å². The Morgan fingerprint density at radius 2 is 1.53 bits per heavy atom. The molecule has 3 aromatic rings. The summed E-state index contributed by atoms with van der Waals surface area (Å²) in [4.78, 5) is 23.6. The van der Waals surface area contributed by atoms with Crippen LogP contribution in [-0.4, -0.2) is 11.8 Å². The van der Waals surface area contributed by atoms with Gasteiger partial charge in [-0.05, 0) is 58.0 Å². The smallest absolute Gasteiger partial charge is 0.248 e. The monoisotopic (exact) mass is 398 g/mol. The summed E-state index contributed by atoms with van der Waals surface area (Å²) in [5, 5.41) is 2.86. The van der Waals surface area contributed by atoms with Crippen molar-refractivity contribution in [1.82, 2.24) is 0 Å². The van der Waals surface area contributed by atoms with E-state index in [1.54, 1.807) is 24.3 Å². The van der Waals surface area contributed by atoms with Crippen LogP contribution in [0.4, 0.5) is 5.69 Å². The molecule has 0 fully saturated rings. The number of anilines is 1. The first-order valence-electron chi connectivity index (χ1n) is 9.82. The van der Waals surface area contributed by atoms with Crippen molar-refractivity contribution in [3.05, 3.63) is 95.6 Å². The van der Waals surface area contributed by atoms with Gasteiger partial charge in [0, 0.05) is 17.3 Å². The summed E-state index contributed by atoms with van der Waals surface area (Å²) in [5.74, 6) is -0.654. The van der Waals surface area contributed by atoms with Gasteiger partial charge in [0.05, 0.1) is 0 Å². The van der Waals surface area contributed by atoms with Crippen molar-refractivity contribution in [2.45, 2.75) is 26.2 Å². The molecule has 0 aliphatic carbocycles. The van der Waals surface area contributed by atoms with Gasteiger partial charge in [-0.3, -0.25) is 9.59 Å². The number of carbonyl (C=O) groups excluding carboxylic acids is 2. The number of hydrogen-bond acceptors (Lipinski definition) is 2. The van der Waals surface area contributed by atoms with E-state index in [0.29, 0.717) is 11.3 Å². The van der Waals surface area contributed by atoms with Crippen LogP contribution in [0.25, 0.3) is 17.2 Å². The average molecular weight is 399 g/mol. The van der Waals surface area contributed by atoms with Crippen LogP contribution in [0.2, 0.25) is 0 Å². The molecule has 2 amide bonds. The van der Waals surface area contributed by atoms with Gasteiger partial charge >= 0.3 is 0 Å². The molecule has 4 heteroatoms. The zero-order valence-corrected chi connectivity index (χ0v) is 17.5. The second-order valence-corrected chi connectivity index (χ2v) is 8.22. The van der Waals surface area contributed by atoms with E-state index in [1.165, 1.54) is 11.6 Å². The summed E-state index contributed by atoms with van der Waals surface area (Å²) < 4.78 is 0. The fraction of sp³-hybridized carbons (Fsp3) is 0.154. The van der Waals surface area contributed by atoms with Gasteiger partial charge in [0.15, 0.2) is 0 Å². The summed E-state index contributed by atoms with van der Waals surface area (Å²) in [5.41, 5.74) is 10.7. The Kier molecular flexibility index (Phi) is 6.17. The zero-order chi connectivity index (χ0) is 21.7. The van der Waals surface area contributed by atoms with Crippen molar-refractivity contribution >= 4 is 23.6 Å². The highest BCUT2D eigenvalue weighted by Crippen LogP contribution is 2.23. The minimum Gasteiger partial charge on any atom is -0.366 e. The van der Waals surface area contributed by atoms with Crippen LogP contribution >= 0.6 is 0 Å². The minimum absolute atomic E-state index is 0.104. The maximum atomic E-state index is 12.2. The molecule has 0 aromatic heterocycles. The molecule has 3 rings (SSSR count). The van der Waals surface area contributed by atoms with E-state index in [-0.39, 0.29) is 11.3 Å². The molecule has 0 aliphatic rings. The van der Waals surface area contributed by atoms with E-state index < -0.39 is 5.91 Å². The number of rotatable bonds is 5. The Morgan fingerprint density at radius 3 is 2.13 bits per heavy atom. The summed E-state index contributed by atoms with van der Waals surface area (Å²) in [7, 11) is 0. The molecule has 0 bridgehead atoms. The number of amides is 2. The van der Waals surface area contributed by atoms with Gasteiger partial charge in [-0.2, -0.15) is 0 Å². The Hall–Kier alpha value is -3.66. The highest BCUT2D eigenvalue weighted by Gasteiger charge is 2.12. The average Bonchev–Trinajstić information content (AvgIpc) is 2.72. The van der Waals surface area contributed by atoms with E-state index in [9.17, 15) is 9.59 Å². The van der Waals surface area contributed by atoms with Crippen molar-refractivity contribution in [3.63, 3.8) is 0 Å². The maximum absolute atomic E-state index is 12.2. The lowest BCUT2D eigenvalue weighted by Crippen LogP contribution is -2.10. The molecular weight excluding hydrogens is 372 g/mol. The van der Waals surface area contributed by atoms with E-state index in [2.05, 4.69) is 38.2 Å². The van der Waals surface area contributed by atoms with Gasteiger partial charge in [0.25, 0.3) is 0 Å². The van der Waals surface area contributed by atoms with Crippen LogP contribution in [0, 0.1) is 0 Å². The van der Waals surface area contributed by atoms with Crippen LogP contribution in [0.5, 0.6) is 0 Å². The summed E-state index contributed by atoms with van der Waals surface area (Å²) in [6.45, 7) is 6.51. The molecule has 0 saturated carbocycles. The molecule has 0 spiro atoms. The molecule has 0 atom stereocenters. The van der Waals surface area contributed by atoms with Crippen LogP contribution < -0.4 is 11.1 Å². The summed E-state index contributed by atoms with van der Waals surface area (Å²) >= 11 is 0. The Morgan fingerprint density at radius 1 is 0.867 bits per heavy atom. The summed E-state index contributed by atoms with van der Waals surface area (Å²) in [6.07, 6.45) is 3.32. The molecule has 3 N–H and O–H groups in total. The van der Waals surface area contributed by atoms with Crippen molar-refractivity contribution in [3.8, 4) is 11.1 Å². The lowest BCUT2D eigenvalue weighted by atomic mass is 9.87. The quantitative estimate of drug-likeness (QED) is 0.565. The highest BCUT2D eigenvalue weighted by molar-refractivity contribution is 6.02. The molecule has 152 valence electrons. The predicted octanol–water partition coefficient (Wildman–Crippen LogP) is 5.40. The highest BCUT2D eigenvalue weighted by atomic mass is 16.1. The van der Waals surface area contributed by atoms with Gasteiger partial charge in [0.2, 0.25) is 11.8 Å². The molecule has 30 heavy (non-hydrogen) atoms. The first-order chi connectivity index (χ1) is 14.2. The summed E-state index contributed by atoms with van der Waals surface area (Å²) in [6, 6.07) is 22.8. The van der Waals surface area contributed by atoms with Gasteiger partial charge in [-0.25, -0.2) is 0 Å². The Balaban J connectivity index is 1.64. The SMILES string of the molecule is CC(C)(C)c1ccc(/C=C/C(=O)Nc2ccc(-c3cccc(C(N)=O)c3)cc2)cc1.